The summed E-state index contributed by atoms with van der Waals surface area (Å²) in [5, 5.41) is 3.60. The molecule has 0 atom stereocenters. The van der Waals surface area contributed by atoms with E-state index in [9.17, 15) is 4.79 Å². The number of urea groups is 1. The minimum atomic E-state index is -0.0246. The first-order valence-electron chi connectivity index (χ1n) is 9.02. The highest BCUT2D eigenvalue weighted by Gasteiger charge is 2.27. The number of nitrogens with one attached hydrogen (secondary N) is 1. The third kappa shape index (κ3) is 6.20. The number of rotatable bonds is 7. The molecule has 25 heavy (non-hydrogen) atoms. The first kappa shape index (κ1) is 20.1. The number of benzene rings is 1. The van der Waals surface area contributed by atoms with Gasteiger partial charge in [0.2, 0.25) is 0 Å². The standard InChI is InChI=1S/C19H31N3O2S/c1-15(2)25-18-8-6-5-7-17(18)20-19(23)22(13-14-24-4)16-9-11-21(3)12-10-16/h5-8,15-16H,9-14H2,1-4H3,(H,20,23). The van der Waals surface area contributed by atoms with E-state index < -0.39 is 0 Å². The van der Waals surface area contributed by atoms with Gasteiger partial charge in [-0.25, -0.2) is 4.79 Å². The van der Waals surface area contributed by atoms with Gasteiger partial charge in [0.25, 0.3) is 0 Å². The van der Waals surface area contributed by atoms with E-state index in [1.165, 1.54) is 0 Å². The summed E-state index contributed by atoms with van der Waals surface area (Å²) in [7, 11) is 3.81. The quantitative estimate of drug-likeness (QED) is 0.747. The summed E-state index contributed by atoms with van der Waals surface area (Å²) in [6, 6.07) is 8.27. The number of hydrogen-bond donors (Lipinski definition) is 1. The summed E-state index contributed by atoms with van der Waals surface area (Å²) in [6.07, 6.45) is 2.02. The minimum Gasteiger partial charge on any atom is -0.383 e. The predicted octanol–water partition coefficient (Wildman–Crippen LogP) is 3.76. The highest BCUT2D eigenvalue weighted by molar-refractivity contribution is 8.00. The molecule has 1 aromatic carbocycles. The second-order valence-electron chi connectivity index (χ2n) is 6.81. The average Bonchev–Trinajstić information content (AvgIpc) is 2.58. The van der Waals surface area contributed by atoms with E-state index in [0.717, 1.165) is 36.5 Å². The molecule has 0 radical (unpaired) electrons. The summed E-state index contributed by atoms with van der Waals surface area (Å²) in [5.74, 6) is 0. The lowest BCUT2D eigenvalue weighted by Crippen LogP contribution is -2.49. The van der Waals surface area contributed by atoms with Gasteiger partial charge in [-0.15, -0.1) is 11.8 Å². The van der Waals surface area contributed by atoms with Gasteiger partial charge >= 0.3 is 6.03 Å². The smallest absolute Gasteiger partial charge is 0.322 e. The maximum absolute atomic E-state index is 13.0. The van der Waals surface area contributed by atoms with Crippen molar-refractivity contribution >= 4 is 23.5 Å². The summed E-state index contributed by atoms with van der Waals surface area (Å²) in [4.78, 5) is 18.4. The van der Waals surface area contributed by atoms with Crippen LogP contribution in [0.4, 0.5) is 10.5 Å². The first-order chi connectivity index (χ1) is 12.0. The Hall–Kier alpha value is -1.24. The number of likely N-dealkylation sites (tertiary alicyclic amines) is 1. The van der Waals surface area contributed by atoms with Crippen molar-refractivity contribution < 1.29 is 9.53 Å². The topological polar surface area (TPSA) is 44.8 Å². The minimum absolute atomic E-state index is 0.0246. The summed E-state index contributed by atoms with van der Waals surface area (Å²) < 4.78 is 5.22. The van der Waals surface area contributed by atoms with Crippen LogP contribution in [0.3, 0.4) is 0 Å². The zero-order valence-corrected chi connectivity index (χ0v) is 16.6. The monoisotopic (exact) mass is 365 g/mol. The van der Waals surface area contributed by atoms with Crippen molar-refractivity contribution in [1.29, 1.82) is 0 Å². The molecule has 2 amide bonds. The van der Waals surface area contributed by atoms with Crippen molar-refractivity contribution in [3.8, 4) is 0 Å². The van der Waals surface area contributed by atoms with E-state index in [2.05, 4.69) is 37.2 Å². The molecule has 1 aliphatic heterocycles. The fraction of sp³-hybridized carbons (Fsp3) is 0.632. The predicted molar refractivity (Wildman–Crippen MR) is 106 cm³/mol. The zero-order chi connectivity index (χ0) is 18.2. The van der Waals surface area contributed by atoms with E-state index in [-0.39, 0.29) is 12.1 Å². The fourth-order valence-electron chi connectivity index (χ4n) is 3.06. The molecule has 0 saturated carbocycles. The van der Waals surface area contributed by atoms with Crippen LogP contribution in [-0.2, 0) is 4.74 Å². The molecule has 0 aliphatic carbocycles. The van der Waals surface area contributed by atoms with Crippen LogP contribution in [0.25, 0.3) is 0 Å². The Kier molecular flexibility index (Phi) is 8.06. The van der Waals surface area contributed by atoms with Crippen molar-refractivity contribution in [3.05, 3.63) is 24.3 Å². The van der Waals surface area contributed by atoms with Gasteiger partial charge in [-0.1, -0.05) is 26.0 Å². The highest BCUT2D eigenvalue weighted by atomic mass is 32.2. The van der Waals surface area contributed by atoms with E-state index in [4.69, 9.17) is 4.74 Å². The number of carbonyl (C=O) groups excluding carboxylic acids is 1. The van der Waals surface area contributed by atoms with Gasteiger partial charge in [-0.05, 0) is 45.1 Å². The second kappa shape index (κ2) is 10.0. The third-order valence-corrected chi connectivity index (χ3v) is 5.50. The number of carbonyl (C=O) groups is 1. The van der Waals surface area contributed by atoms with Gasteiger partial charge in [0.05, 0.1) is 12.3 Å². The van der Waals surface area contributed by atoms with Crippen molar-refractivity contribution in [2.45, 2.75) is 42.9 Å². The van der Waals surface area contributed by atoms with Crippen LogP contribution in [0.1, 0.15) is 26.7 Å². The van der Waals surface area contributed by atoms with Crippen molar-refractivity contribution in [1.82, 2.24) is 9.80 Å². The molecule has 0 aromatic heterocycles. The van der Waals surface area contributed by atoms with E-state index in [1.54, 1.807) is 18.9 Å². The molecule has 2 rings (SSSR count). The number of anilines is 1. The lowest BCUT2D eigenvalue weighted by Gasteiger charge is -2.37. The molecule has 5 nitrogen and oxygen atoms in total. The van der Waals surface area contributed by atoms with Crippen LogP contribution in [0.15, 0.2) is 29.2 Å². The Balaban J connectivity index is 2.08. The van der Waals surface area contributed by atoms with Crippen LogP contribution < -0.4 is 5.32 Å². The number of thioether (sulfide) groups is 1. The Morgan fingerprint density at radius 2 is 2.04 bits per heavy atom. The summed E-state index contributed by atoms with van der Waals surface area (Å²) in [6.45, 7) is 7.56. The van der Waals surface area contributed by atoms with E-state index in [1.807, 2.05) is 23.1 Å². The van der Waals surface area contributed by atoms with Crippen LogP contribution in [0, 0.1) is 0 Å². The third-order valence-electron chi connectivity index (χ3n) is 4.42. The second-order valence-corrected chi connectivity index (χ2v) is 8.43. The van der Waals surface area contributed by atoms with Gasteiger partial charge in [-0.2, -0.15) is 0 Å². The SMILES string of the molecule is COCCN(C(=O)Nc1ccccc1SC(C)C)C1CCN(C)CC1. The molecule has 140 valence electrons. The van der Waals surface area contributed by atoms with Gasteiger partial charge in [0.1, 0.15) is 0 Å². The van der Waals surface area contributed by atoms with E-state index in [0.29, 0.717) is 18.4 Å². The molecule has 1 fully saturated rings. The van der Waals surface area contributed by atoms with Crippen LogP contribution in [-0.4, -0.2) is 67.5 Å². The lowest BCUT2D eigenvalue weighted by atomic mass is 10.0. The molecular weight excluding hydrogens is 334 g/mol. The Labute approximate surface area is 156 Å². The number of ether oxygens (including phenoxy) is 1. The average molecular weight is 366 g/mol. The number of amides is 2. The number of para-hydroxylation sites is 1. The van der Waals surface area contributed by atoms with Crippen LogP contribution in [0.2, 0.25) is 0 Å². The maximum Gasteiger partial charge on any atom is 0.322 e. The molecule has 6 heteroatoms. The van der Waals surface area contributed by atoms with E-state index >= 15 is 0 Å². The fourth-order valence-corrected chi connectivity index (χ4v) is 3.97. The highest BCUT2D eigenvalue weighted by Crippen LogP contribution is 2.30. The first-order valence-corrected chi connectivity index (χ1v) is 9.90. The Bertz CT molecular complexity index is 545. The molecule has 1 saturated heterocycles. The van der Waals surface area contributed by atoms with Gasteiger partial charge in [0, 0.05) is 29.8 Å². The van der Waals surface area contributed by atoms with Crippen molar-refractivity contribution in [2.75, 3.05) is 45.7 Å². The Morgan fingerprint density at radius 1 is 1.36 bits per heavy atom. The molecule has 1 aromatic rings. The maximum atomic E-state index is 13.0. The summed E-state index contributed by atoms with van der Waals surface area (Å²) in [5.41, 5.74) is 0.890. The van der Waals surface area contributed by atoms with Crippen molar-refractivity contribution in [2.24, 2.45) is 0 Å². The zero-order valence-electron chi connectivity index (χ0n) is 15.8. The normalized spacial score (nSPS) is 16.2. The number of piperidine rings is 1. The van der Waals surface area contributed by atoms with Crippen LogP contribution >= 0.6 is 11.8 Å². The molecular formula is C19H31N3O2S. The number of hydrogen-bond acceptors (Lipinski definition) is 4. The van der Waals surface area contributed by atoms with Crippen LogP contribution in [0.5, 0.6) is 0 Å². The number of nitrogens with zero attached hydrogens (tertiary/aromatic N) is 2. The summed E-state index contributed by atoms with van der Waals surface area (Å²) >= 11 is 1.77. The largest absolute Gasteiger partial charge is 0.383 e. The molecule has 0 unspecified atom stereocenters. The molecule has 0 spiro atoms. The number of methoxy groups -OCH3 is 1. The molecule has 1 aliphatic rings. The lowest BCUT2D eigenvalue weighted by molar-refractivity contribution is 0.108. The van der Waals surface area contributed by atoms with Gasteiger partial charge in [-0.3, -0.25) is 0 Å². The molecule has 0 bridgehead atoms. The Morgan fingerprint density at radius 3 is 2.68 bits per heavy atom. The van der Waals surface area contributed by atoms with Crippen molar-refractivity contribution in [3.63, 3.8) is 0 Å². The van der Waals surface area contributed by atoms with Gasteiger partial charge < -0.3 is 19.9 Å². The van der Waals surface area contributed by atoms with Gasteiger partial charge in [0.15, 0.2) is 0 Å². The molecule has 1 heterocycles. The molecule has 1 N–H and O–H groups in total.